The smallest absolute Gasteiger partial charge is 0.209 e. The first-order chi connectivity index (χ1) is 6.81. The van der Waals surface area contributed by atoms with E-state index in [2.05, 4.69) is 4.72 Å². The molecule has 0 aromatic heterocycles. The Hall–Kier alpha value is -0.780. The lowest BCUT2D eigenvalue weighted by atomic mass is 10.0. The van der Waals surface area contributed by atoms with Gasteiger partial charge in [-0.25, -0.2) is 13.1 Å². The molecule has 1 aromatic carbocycles. The number of sulfonamides is 1. The van der Waals surface area contributed by atoms with E-state index in [0.29, 0.717) is 5.69 Å². The van der Waals surface area contributed by atoms with Crippen LogP contribution in [-0.2, 0) is 10.0 Å². The number of benzene rings is 1. The van der Waals surface area contributed by atoms with Gasteiger partial charge in [0, 0.05) is 11.7 Å². The molecule has 0 saturated heterocycles. The predicted octanol–water partition coefficient (Wildman–Crippen LogP) is 1.61. The molecule has 0 aliphatic rings. The molecule has 16 heavy (non-hydrogen) atoms. The number of aryl methyl sites for hydroxylation is 1. The van der Waals surface area contributed by atoms with Crippen LogP contribution < -0.4 is 10.5 Å². The van der Waals surface area contributed by atoms with Gasteiger partial charge in [0.05, 0.1) is 6.26 Å². The van der Waals surface area contributed by atoms with Gasteiger partial charge >= 0.3 is 0 Å². The maximum absolute atomic E-state index is 11.1. The third kappa shape index (κ3) is 4.00. The average molecular weight is 265 g/mol. The van der Waals surface area contributed by atoms with Gasteiger partial charge in [-0.3, -0.25) is 0 Å². The summed E-state index contributed by atoms with van der Waals surface area (Å²) in [5.74, 6) is 0. The SMILES string of the molecule is Cc1cccc(N)c1C(C)NS(C)(=O)=O.Cl. The van der Waals surface area contributed by atoms with Crippen LogP contribution in [0.15, 0.2) is 18.2 Å². The number of hydrogen-bond donors (Lipinski definition) is 2. The van der Waals surface area contributed by atoms with Crippen molar-refractivity contribution < 1.29 is 8.42 Å². The number of halogens is 1. The summed E-state index contributed by atoms with van der Waals surface area (Å²) in [7, 11) is -3.21. The fourth-order valence-corrected chi connectivity index (χ4v) is 2.43. The molecule has 0 amide bonds. The summed E-state index contributed by atoms with van der Waals surface area (Å²) in [5, 5.41) is 0. The van der Waals surface area contributed by atoms with Crippen molar-refractivity contribution in [2.75, 3.05) is 12.0 Å². The first-order valence-electron chi connectivity index (χ1n) is 4.63. The summed E-state index contributed by atoms with van der Waals surface area (Å²) >= 11 is 0. The predicted molar refractivity (Wildman–Crippen MR) is 69.2 cm³/mol. The van der Waals surface area contributed by atoms with Crippen molar-refractivity contribution in [3.8, 4) is 0 Å². The number of nitrogen functional groups attached to an aromatic ring is 1. The van der Waals surface area contributed by atoms with Crippen molar-refractivity contribution in [1.29, 1.82) is 0 Å². The van der Waals surface area contributed by atoms with Gasteiger partial charge in [-0.1, -0.05) is 12.1 Å². The number of hydrogen-bond acceptors (Lipinski definition) is 3. The van der Waals surface area contributed by atoms with Gasteiger partial charge in [0.25, 0.3) is 0 Å². The Morgan fingerprint density at radius 2 is 1.94 bits per heavy atom. The maximum atomic E-state index is 11.1. The molecule has 3 N–H and O–H groups in total. The Morgan fingerprint density at radius 3 is 2.38 bits per heavy atom. The monoisotopic (exact) mass is 264 g/mol. The van der Waals surface area contributed by atoms with Crippen LogP contribution in [0.1, 0.15) is 24.1 Å². The van der Waals surface area contributed by atoms with Crippen molar-refractivity contribution in [2.45, 2.75) is 19.9 Å². The van der Waals surface area contributed by atoms with Crippen LogP contribution in [0, 0.1) is 6.92 Å². The third-order valence-corrected chi connectivity index (χ3v) is 2.96. The summed E-state index contributed by atoms with van der Waals surface area (Å²) in [5.41, 5.74) is 8.24. The lowest BCUT2D eigenvalue weighted by Gasteiger charge is -2.17. The number of rotatable bonds is 3. The van der Waals surface area contributed by atoms with Crippen LogP contribution in [-0.4, -0.2) is 14.7 Å². The van der Waals surface area contributed by atoms with Crippen LogP contribution in [0.2, 0.25) is 0 Å². The van der Waals surface area contributed by atoms with E-state index < -0.39 is 10.0 Å². The summed E-state index contributed by atoms with van der Waals surface area (Å²) in [4.78, 5) is 0. The van der Waals surface area contributed by atoms with Crippen LogP contribution in [0.4, 0.5) is 5.69 Å². The summed E-state index contributed by atoms with van der Waals surface area (Å²) in [6, 6.07) is 5.22. The summed E-state index contributed by atoms with van der Waals surface area (Å²) < 4.78 is 24.7. The Labute approximate surface area is 103 Å². The quantitative estimate of drug-likeness (QED) is 0.815. The standard InChI is InChI=1S/C10H16N2O2S.ClH/c1-7-5-4-6-9(11)10(7)8(2)12-15(3,13)14;/h4-6,8,12H,11H2,1-3H3;1H. The van der Waals surface area contributed by atoms with Gasteiger partial charge < -0.3 is 5.73 Å². The molecule has 92 valence electrons. The Balaban J connectivity index is 0.00000225. The fraction of sp³-hybridized carbons (Fsp3) is 0.400. The molecular formula is C10H17ClN2O2S. The van der Waals surface area contributed by atoms with Crippen LogP contribution in [0.25, 0.3) is 0 Å². The minimum Gasteiger partial charge on any atom is -0.398 e. The van der Waals surface area contributed by atoms with Gasteiger partial charge in [-0.15, -0.1) is 12.4 Å². The minimum absolute atomic E-state index is 0. The Kier molecular flexibility index (Phi) is 5.25. The van der Waals surface area contributed by atoms with E-state index in [0.717, 1.165) is 17.4 Å². The van der Waals surface area contributed by atoms with E-state index in [4.69, 9.17) is 5.73 Å². The largest absolute Gasteiger partial charge is 0.398 e. The highest BCUT2D eigenvalue weighted by molar-refractivity contribution is 7.88. The molecule has 1 unspecified atom stereocenters. The van der Waals surface area contributed by atoms with E-state index in [9.17, 15) is 8.42 Å². The molecule has 0 aliphatic carbocycles. The highest BCUT2D eigenvalue weighted by Crippen LogP contribution is 2.24. The van der Waals surface area contributed by atoms with E-state index in [-0.39, 0.29) is 18.4 Å². The second kappa shape index (κ2) is 5.52. The third-order valence-electron chi connectivity index (χ3n) is 2.18. The van der Waals surface area contributed by atoms with Gasteiger partial charge in [0.1, 0.15) is 0 Å². The molecule has 1 aromatic rings. The van der Waals surface area contributed by atoms with Gasteiger partial charge in [0.15, 0.2) is 0 Å². The topological polar surface area (TPSA) is 72.2 Å². The molecule has 0 saturated carbocycles. The fourth-order valence-electron chi connectivity index (χ4n) is 1.67. The molecule has 0 radical (unpaired) electrons. The van der Waals surface area contributed by atoms with E-state index >= 15 is 0 Å². The summed E-state index contributed by atoms with van der Waals surface area (Å²) in [6.07, 6.45) is 1.14. The highest BCUT2D eigenvalue weighted by atomic mass is 35.5. The van der Waals surface area contributed by atoms with Gasteiger partial charge in [-0.05, 0) is 31.0 Å². The maximum Gasteiger partial charge on any atom is 0.209 e. The number of nitrogens with two attached hydrogens (primary N) is 1. The molecule has 6 heteroatoms. The first-order valence-corrected chi connectivity index (χ1v) is 6.52. The van der Waals surface area contributed by atoms with Crippen LogP contribution >= 0.6 is 12.4 Å². The van der Waals surface area contributed by atoms with E-state index in [1.54, 1.807) is 13.0 Å². The lowest BCUT2D eigenvalue weighted by Crippen LogP contribution is -2.26. The van der Waals surface area contributed by atoms with Crippen LogP contribution in [0.3, 0.4) is 0 Å². The zero-order valence-electron chi connectivity index (χ0n) is 9.52. The highest BCUT2D eigenvalue weighted by Gasteiger charge is 2.15. The van der Waals surface area contributed by atoms with Crippen molar-refractivity contribution in [2.24, 2.45) is 0 Å². The molecule has 0 spiro atoms. The molecular weight excluding hydrogens is 248 g/mol. The molecule has 0 heterocycles. The second-order valence-corrected chi connectivity index (χ2v) is 5.47. The summed E-state index contributed by atoms with van der Waals surface area (Å²) in [6.45, 7) is 3.69. The number of anilines is 1. The van der Waals surface area contributed by atoms with Crippen molar-refractivity contribution in [3.05, 3.63) is 29.3 Å². The van der Waals surface area contributed by atoms with Gasteiger partial charge in [-0.2, -0.15) is 0 Å². The molecule has 0 fully saturated rings. The molecule has 1 rings (SSSR count). The van der Waals surface area contributed by atoms with E-state index in [1.165, 1.54) is 0 Å². The van der Waals surface area contributed by atoms with Gasteiger partial charge in [0.2, 0.25) is 10.0 Å². The minimum atomic E-state index is -3.21. The van der Waals surface area contributed by atoms with Crippen LogP contribution in [0.5, 0.6) is 0 Å². The lowest BCUT2D eigenvalue weighted by molar-refractivity contribution is 0.573. The van der Waals surface area contributed by atoms with Crippen molar-refractivity contribution in [1.82, 2.24) is 4.72 Å². The molecule has 0 bridgehead atoms. The molecule has 4 nitrogen and oxygen atoms in total. The second-order valence-electron chi connectivity index (χ2n) is 3.69. The normalized spacial score (nSPS) is 12.9. The van der Waals surface area contributed by atoms with E-state index in [1.807, 2.05) is 19.1 Å². The molecule has 1 atom stereocenters. The zero-order chi connectivity index (χ0) is 11.6. The zero-order valence-corrected chi connectivity index (χ0v) is 11.2. The first kappa shape index (κ1) is 15.2. The Morgan fingerprint density at radius 1 is 1.38 bits per heavy atom. The van der Waals surface area contributed by atoms with Crippen molar-refractivity contribution >= 4 is 28.1 Å². The molecule has 0 aliphatic heterocycles. The Bertz CT molecular complexity index is 440. The average Bonchev–Trinajstić information content (AvgIpc) is 1.99. The van der Waals surface area contributed by atoms with Crippen molar-refractivity contribution in [3.63, 3.8) is 0 Å². The number of nitrogens with one attached hydrogen (secondary N) is 1.